The number of allylic oxidation sites excluding steroid dienone is 1. The molecule has 1 aliphatic rings. The maximum absolute atomic E-state index is 12.6. The molecule has 0 saturated heterocycles. The number of fused-ring (bicyclic) bond motifs is 1. The van der Waals surface area contributed by atoms with Crippen molar-refractivity contribution in [3.05, 3.63) is 93.2 Å². The zero-order valence-electron chi connectivity index (χ0n) is 16.2. The first-order chi connectivity index (χ1) is 14.5. The molecule has 0 saturated carbocycles. The van der Waals surface area contributed by atoms with Crippen molar-refractivity contribution in [2.45, 2.75) is 13.5 Å². The largest absolute Gasteiger partial charge is 0.494 e. The topological polar surface area (TPSA) is 44.8 Å². The van der Waals surface area contributed by atoms with Gasteiger partial charge >= 0.3 is 0 Å². The van der Waals surface area contributed by atoms with Gasteiger partial charge in [-0.3, -0.25) is 4.79 Å². The van der Waals surface area contributed by atoms with E-state index < -0.39 is 0 Å². The first-order valence-corrected chi connectivity index (χ1v) is 10.2. The summed E-state index contributed by atoms with van der Waals surface area (Å²) < 4.78 is 17.0. The third-order valence-electron chi connectivity index (χ3n) is 4.54. The van der Waals surface area contributed by atoms with E-state index in [0.29, 0.717) is 33.7 Å². The lowest BCUT2D eigenvalue weighted by atomic mass is 10.1. The van der Waals surface area contributed by atoms with E-state index in [4.69, 9.17) is 37.4 Å². The van der Waals surface area contributed by atoms with Gasteiger partial charge in [0.2, 0.25) is 5.78 Å². The highest BCUT2D eigenvalue weighted by molar-refractivity contribution is 6.35. The van der Waals surface area contributed by atoms with Crippen LogP contribution in [0, 0.1) is 0 Å². The average Bonchev–Trinajstić information content (AvgIpc) is 3.04. The predicted octanol–water partition coefficient (Wildman–Crippen LogP) is 6.59. The molecule has 0 radical (unpaired) electrons. The van der Waals surface area contributed by atoms with Gasteiger partial charge in [-0.25, -0.2) is 0 Å². The van der Waals surface area contributed by atoms with Crippen LogP contribution in [0.2, 0.25) is 10.0 Å². The van der Waals surface area contributed by atoms with Crippen LogP contribution in [0.4, 0.5) is 0 Å². The lowest BCUT2D eigenvalue weighted by Gasteiger charge is -2.09. The molecule has 1 heterocycles. The Morgan fingerprint density at radius 1 is 0.933 bits per heavy atom. The fourth-order valence-electron chi connectivity index (χ4n) is 3.04. The van der Waals surface area contributed by atoms with Gasteiger partial charge in [0.25, 0.3) is 0 Å². The number of ether oxygens (including phenoxy) is 3. The van der Waals surface area contributed by atoms with Crippen LogP contribution in [0.5, 0.6) is 17.2 Å². The van der Waals surface area contributed by atoms with Crippen LogP contribution in [0.1, 0.15) is 28.4 Å². The van der Waals surface area contributed by atoms with E-state index in [9.17, 15) is 4.79 Å². The maximum Gasteiger partial charge on any atom is 0.231 e. The number of Topliss-reactive ketones (excluding diaryl/α,β-unsaturated/α-hetero) is 1. The van der Waals surface area contributed by atoms with Crippen LogP contribution < -0.4 is 14.2 Å². The summed E-state index contributed by atoms with van der Waals surface area (Å²) in [4.78, 5) is 12.6. The van der Waals surface area contributed by atoms with Crippen LogP contribution in [0.25, 0.3) is 6.08 Å². The van der Waals surface area contributed by atoms with Crippen molar-refractivity contribution in [3.63, 3.8) is 0 Å². The normalized spacial score (nSPS) is 13.8. The van der Waals surface area contributed by atoms with Crippen LogP contribution in [-0.4, -0.2) is 12.4 Å². The standard InChI is InChI=1S/C24H18Cl2O4/c1-2-28-18-7-3-15(4-8-18)11-23-24(27)20-10-9-19(13-22(20)30-23)29-14-16-5-6-17(25)12-21(16)26/h3-13H,2,14H2,1H3. The van der Waals surface area contributed by atoms with Crippen molar-refractivity contribution in [3.8, 4) is 17.2 Å². The highest BCUT2D eigenvalue weighted by atomic mass is 35.5. The summed E-state index contributed by atoms with van der Waals surface area (Å²) in [6, 6.07) is 17.9. The molecule has 0 unspecified atom stereocenters. The Morgan fingerprint density at radius 2 is 1.70 bits per heavy atom. The monoisotopic (exact) mass is 440 g/mol. The van der Waals surface area contributed by atoms with Crippen molar-refractivity contribution >= 4 is 35.1 Å². The molecule has 0 amide bonds. The van der Waals surface area contributed by atoms with Crippen molar-refractivity contribution < 1.29 is 19.0 Å². The Bertz CT molecular complexity index is 1120. The molecule has 0 fully saturated rings. The second-order valence-corrected chi connectivity index (χ2v) is 7.47. The number of benzene rings is 3. The van der Waals surface area contributed by atoms with Gasteiger partial charge in [-0.15, -0.1) is 0 Å². The second kappa shape index (κ2) is 8.82. The summed E-state index contributed by atoms with van der Waals surface area (Å²) >= 11 is 12.1. The molecule has 3 aromatic rings. The first kappa shape index (κ1) is 20.3. The number of carbonyl (C=O) groups excluding carboxylic acids is 1. The van der Waals surface area contributed by atoms with E-state index in [1.165, 1.54) is 0 Å². The van der Waals surface area contributed by atoms with Gasteiger partial charge in [0.05, 0.1) is 12.2 Å². The minimum atomic E-state index is -0.161. The van der Waals surface area contributed by atoms with E-state index >= 15 is 0 Å². The van der Waals surface area contributed by atoms with Crippen molar-refractivity contribution in [1.82, 2.24) is 0 Å². The molecule has 0 aliphatic carbocycles. The molecule has 0 bridgehead atoms. The number of carbonyl (C=O) groups is 1. The van der Waals surface area contributed by atoms with E-state index in [2.05, 4.69) is 0 Å². The average molecular weight is 441 g/mol. The third-order valence-corrected chi connectivity index (χ3v) is 5.13. The van der Waals surface area contributed by atoms with Gasteiger partial charge in [0.15, 0.2) is 5.76 Å². The van der Waals surface area contributed by atoms with Gasteiger partial charge in [0.1, 0.15) is 23.9 Å². The smallest absolute Gasteiger partial charge is 0.231 e. The molecule has 4 rings (SSSR count). The van der Waals surface area contributed by atoms with Gasteiger partial charge in [0, 0.05) is 21.7 Å². The maximum atomic E-state index is 12.6. The number of hydrogen-bond acceptors (Lipinski definition) is 4. The molecule has 30 heavy (non-hydrogen) atoms. The Hall–Kier alpha value is -2.95. The van der Waals surface area contributed by atoms with Crippen LogP contribution in [-0.2, 0) is 6.61 Å². The van der Waals surface area contributed by atoms with Crippen molar-refractivity contribution in [2.75, 3.05) is 6.61 Å². The highest BCUT2D eigenvalue weighted by Crippen LogP contribution is 2.35. The Kier molecular flexibility index (Phi) is 5.98. The molecular formula is C24H18Cl2O4. The zero-order valence-corrected chi connectivity index (χ0v) is 17.7. The molecular weight excluding hydrogens is 423 g/mol. The fourth-order valence-corrected chi connectivity index (χ4v) is 3.50. The molecule has 152 valence electrons. The molecule has 0 atom stereocenters. The van der Waals surface area contributed by atoms with Crippen LogP contribution in [0.3, 0.4) is 0 Å². The van der Waals surface area contributed by atoms with Gasteiger partial charge < -0.3 is 14.2 Å². The van der Waals surface area contributed by atoms with Gasteiger partial charge in [-0.05, 0) is 55.0 Å². The van der Waals surface area contributed by atoms with Crippen molar-refractivity contribution in [2.24, 2.45) is 0 Å². The SMILES string of the molecule is CCOc1ccc(C=C2Oc3cc(OCc4ccc(Cl)cc4Cl)ccc3C2=O)cc1. The van der Waals surface area contributed by atoms with Crippen molar-refractivity contribution in [1.29, 1.82) is 0 Å². The van der Waals surface area contributed by atoms with Gasteiger partial charge in [-0.2, -0.15) is 0 Å². The molecule has 4 nitrogen and oxygen atoms in total. The quantitative estimate of drug-likeness (QED) is 0.405. The Balaban J connectivity index is 1.48. The minimum absolute atomic E-state index is 0.161. The van der Waals surface area contributed by atoms with E-state index in [0.717, 1.165) is 16.9 Å². The summed E-state index contributed by atoms with van der Waals surface area (Å²) in [6.07, 6.45) is 1.71. The lowest BCUT2D eigenvalue weighted by Crippen LogP contribution is -1.98. The van der Waals surface area contributed by atoms with E-state index in [1.54, 1.807) is 36.4 Å². The summed E-state index contributed by atoms with van der Waals surface area (Å²) in [6.45, 7) is 2.81. The highest BCUT2D eigenvalue weighted by Gasteiger charge is 2.27. The molecule has 0 N–H and O–H groups in total. The third kappa shape index (κ3) is 4.45. The van der Waals surface area contributed by atoms with Gasteiger partial charge in [-0.1, -0.05) is 41.4 Å². The number of hydrogen-bond donors (Lipinski definition) is 0. The summed E-state index contributed by atoms with van der Waals surface area (Å²) in [5, 5.41) is 1.11. The van der Waals surface area contributed by atoms with Crippen LogP contribution >= 0.6 is 23.2 Å². The number of halogens is 2. The minimum Gasteiger partial charge on any atom is -0.494 e. The molecule has 1 aliphatic heterocycles. The van der Waals surface area contributed by atoms with Crippen LogP contribution in [0.15, 0.2) is 66.4 Å². The summed E-state index contributed by atoms with van der Waals surface area (Å²) in [5.41, 5.74) is 2.17. The van der Waals surface area contributed by atoms with E-state index in [-0.39, 0.29) is 18.1 Å². The molecule has 0 aromatic heterocycles. The number of rotatable bonds is 6. The summed E-state index contributed by atoms with van der Waals surface area (Å²) in [5.74, 6) is 1.94. The Morgan fingerprint density at radius 3 is 2.43 bits per heavy atom. The summed E-state index contributed by atoms with van der Waals surface area (Å²) in [7, 11) is 0. The fraction of sp³-hybridized carbons (Fsp3) is 0.125. The Labute approximate surface area is 184 Å². The zero-order chi connectivity index (χ0) is 21.1. The second-order valence-electron chi connectivity index (χ2n) is 6.62. The van der Waals surface area contributed by atoms with E-state index in [1.807, 2.05) is 37.3 Å². The molecule has 6 heteroatoms. The predicted molar refractivity (Wildman–Crippen MR) is 118 cm³/mol. The molecule has 3 aromatic carbocycles. The molecule has 0 spiro atoms. The number of ketones is 1. The first-order valence-electron chi connectivity index (χ1n) is 9.41. The lowest BCUT2D eigenvalue weighted by molar-refractivity contribution is 0.101.